The Hall–Kier alpha value is -2.50. The number of likely N-dealkylation sites (N-methyl/N-ethyl adjacent to an activating group) is 1. The Kier molecular flexibility index (Phi) is 7.93. The van der Waals surface area contributed by atoms with Gasteiger partial charge in [0.15, 0.2) is 0 Å². The van der Waals surface area contributed by atoms with Crippen LogP contribution < -0.4 is 10.6 Å². The normalized spacial score (nSPS) is 22.5. The van der Waals surface area contributed by atoms with Crippen LogP contribution in [-0.4, -0.2) is 46.9 Å². The molecule has 2 aliphatic heterocycles. The lowest BCUT2D eigenvalue weighted by Crippen LogP contribution is -2.48. The van der Waals surface area contributed by atoms with E-state index in [-0.39, 0.29) is 17.5 Å². The molecule has 6 heteroatoms. The van der Waals surface area contributed by atoms with Crippen molar-refractivity contribution in [2.45, 2.75) is 53.5 Å². The number of fused-ring (bicyclic) bond motifs is 1. The van der Waals surface area contributed by atoms with E-state index in [1.165, 1.54) is 6.42 Å². The van der Waals surface area contributed by atoms with Crippen LogP contribution in [0.1, 0.15) is 48.0 Å². The van der Waals surface area contributed by atoms with Gasteiger partial charge >= 0.3 is 6.03 Å². The van der Waals surface area contributed by atoms with Crippen LogP contribution in [0, 0.1) is 17.8 Å². The van der Waals surface area contributed by atoms with Gasteiger partial charge in [0, 0.05) is 43.3 Å². The van der Waals surface area contributed by atoms with Gasteiger partial charge in [0.2, 0.25) is 0 Å². The molecule has 166 valence electrons. The van der Waals surface area contributed by atoms with Crippen LogP contribution in [0.5, 0.6) is 0 Å². The van der Waals surface area contributed by atoms with Crippen molar-refractivity contribution in [2.75, 3.05) is 19.6 Å². The van der Waals surface area contributed by atoms with Gasteiger partial charge in [-0.05, 0) is 64.0 Å². The number of nitrogens with zero attached hydrogens (tertiary/aromatic N) is 2. The number of likely N-dealkylation sites (tertiary alicyclic amines) is 1. The second kappa shape index (κ2) is 10.0. The fraction of sp³-hybridized carbons (Fsp3) is 0.583. The number of rotatable bonds is 4. The largest absolute Gasteiger partial charge is 0.352 e. The molecule has 1 saturated carbocycles. The summed E-state index contributed by atoms with van der Waals surface area (Å²) in [6.45, 7) is 18.7. The maximum atomic E-state index is 11.7. The Morgan fingerprint density at radius 3 is 2.40 bits per heavy atom. The van der Waals surface area contributed by atoms with E-state index < -0.39 is 0 Å². The summed E-state index contributed by atoms with van der Waals surface area (Å²) in [6, 6.07) is 0.111. The predicted molar refractivity (Wildman–Crippen MR) is 122 cm³/mol. The maximum Gasteiger partial charge on any atom is 0.317 e. The van der Waals surface area contributed by atoms with Gasteiger partial charge in [-0.1, -0.05) is 26.5 Å². The molecular formula is C24H38N4O2. The maximum absolute atomic E-state index is 11.7. The summed E-state index contributed by atoms with van der Waals surface area (Å²) in [5, 5.41) is 5.77. The Bertz CT molecular complexity index is 733. The van der Waals surface area contributed by atoms with Gasteiger partial charge in [-0.2, -0.15) is 0 Å². The standard InChI is InChI=1S/C14H20N2O.C10H18N2O/c1-5-15-14(17)13-7-6-12(4)16(10-13)9-8-11(2)3;1-10(2,3)11-9(13)12-5-7-4-8(7)6-12/h6-11H,4-5H2,1-3H3,(H,15,17);7-8H,4-6H2,1-3H3,(H,11,13)/b9-8-;. The van der Waals surface area contributed by atoms with Crippen LogP contribution in [0.4, 0.5) is 4.79 Å². The summed E-state index contributed by atoms with van der Waals surface area (Å²) in [7, 11) is 0. The zero-order valence-electron chi connectivity index (χ0n) is 19.4. The van der Waals surface area contributed by atoms with Crippen molar-refractivity contribution in [3.63, 3.8) is 0 Å². The molecule has 2 unspecified atom stereocenters. The second-order valence-electron chi connectivity index (χ2n) is 9.60. The van der Waals surface area contributed by atoms with Crippen LogP contribution in [0.3, 0.4) is 0 Å². The van der Waals surface area contributed by atoms with Gasteiger partial charge in [-0.15, -0.1) is 0 Å². The highest BCUT2D eigenvalue weighted by Crippen LogP contribution is 2.44. The van der Waals surface area contributed by atoms with Gasteiger partial charge in [0.25, 0.3) is 5.91 Å². The molecule has 30 heavy (non-hydrogen) atoms. The van der Waals surface area contributed by atoms with E-state index >= 15 is 0 Å². The summed E-state index contributed by atoms with van der Waals surface area (Å²) in [6.07, 6.45) is 10.8. The van der Waals surface area contributed by atoms with E-state index in [1.54, 1.807) is 12.3 Å². The second-order valence-corrected chi connectivity index (χ2v) is 9.60. The van der Waals surface area contributed by atoms with Gasteiger partial charge in [0.05, 0.1) is 5.57 Å². The molecule has 2 atom stereocenters. The molecule has 0 bridgehead atoms. The van der Waals surface area contributed by atoms with E-state index in [9.17, 15) is 9.59 Å². The zero-order valence-corrected chi connectivity index (χ0v) is 19.4. The van der Waals surface area contributed by atoms with Crippen molar-refractivity contribution in [2.24, 2.45) is 17.8 Å². The Balaban J connectivity index is 0.000000220. The van der Waals surface area contributed by atoms with Gasteiger partial charge in [-0.25, -0.2) is 4.79 Å². The molecule has 2 fully saturated rings. The molecule has 3 rings (SSSR count). The van der Waals surface area contributed by atoms with Crippen molar-refractivity contribution in [1.82, 2.24) is 20.4 Å². The summed E-state index contributed by atoms with van der Waals surface area (Å²) in [4.78, 5) is 27.1. The molecule has 6 nitrogen and oxygen atoms in total. The summed E-state index contributed by atoms with van der Waals surface area (Å²) in [5.74, 6) is 2.06. The molecule has 2 N–H and O–H groups in total. The molecule has 0 aromatic heterocycles. The summed E-state index contributed by atoms with van der Waals surface area (Å²) >= 11 is 0. The highest BCUT2D eigenvalue weighted by molar-refractivity contribution is 5.96. The number of allylic oxidation sites excluding steroid dienone is 2. The third kappa shape index (κ3) is 7.39. The average Bonchev–Trinajstić information content (AvgIpc) is 3.25. The molecule has 0 aromatic rings. The minimum absolute atomic E-state index is 0.0563. The monoisotopic (exact) mass is 414 g/mol. The fourth-order valence-electron chi connectivity index (χ4n) is 3.31. The lowest BCUT2D eigenvalue weighted by molar-refractivity contribution is -0.117. The Morgan fingerprint density at radius 2 is 1.87 bits per heavy atom. The number of piperidine rings is 1. The van der Waals surface area contributed by atoms with E-state index in [4.69, 9.17) is 0 Å². The first-order valence-corrected chi connectivity index (χ1v) is 10.9. The highest BCUT2D eigenvalue weighted by Gasteiger charge is 2.46. The fourth-order valence-corrected chi connectivity index (χ4v) is 3.31. The highest BCUT2D eigenvalue weighted by atomic mass is 16.2. The molecule has 2 heterocycles. The van der Waals surface area contributed by atoms with Crippen molar-refractivity contribution in [3.8, 4) is 0 Å². The number of hydrogen-bond donors (Lipinski definition) is 2. The third-order valence-electron chi connectivity index (χ3n) is 5.04. The molecule has 0 aromatic carbocycles. The van der Waals surface area contributed by atoms with Crippen molar-refractivity contribution >= 4 is 11.9 Å². The minimum Gasteiger partial charge on any atom is -0.352 e. The van der Waals surface area contributed by atoms with Crippen molar-refractivity contribution in [3.05, 3.63) is 48.5 Å². The number of nitrogens with one attached hydrogen (secondary N) is 2. The van der Waals surface area contributed by atoms with E-state index in [0.29, 0.717) is 18.0 Å². The van der Waals surface area contributed by atoms with Crippen molar-refractivity contribution in [1.29, 1.82) is 0 Å². The van der Waals surface area contributed by atoms with E-state index in [0.717, 1.165) is 30.6 Å². The third-order valence-corrected chi connectivity index (χ3v) is 5.04. The first-order chi connectivity index (χ1) is 14.0. The zero-order chi connectivity index (χ0) is 22.5. The number of amides is 3. The molecular weight excluding hydrogens is 376 g/mol. The van der Waals surface area contributed by atoms with Crippen LogP contribution in [0.15, 0.2) is 48.5 Å². The van der Waals surface area contributed by atoms with Crippen LogP contribution in [-0.2, 0) is 4.79 Å². The Labute approximate surface area is 181 Å². The smallest absolute Gasteiger partial charge is 0.317 e. The number of hydrogen-bond acceptors (Lipinski definition) is 3. The lowest BCUT2D eigenvalue weighted by atomic mass is 10.1. The molecule has 1 aliphatic carbocycles. The number of urea groups is 1. The van der Waals surface area contributed by atoms with Crippen LogP contribution in [0.25, 0.3) is 0 Å². The van der Waals surface area contributed by atoms with Crippen LogP contribution in [0.2, 0.25) is 0 Å². The molecule has 1 saturated heterocycles. The Morgan fingerprint density at radius 1 is 1.23 bits per heavy atom. The summed E-state index contributed by atoms with van der Waals surface area (Å²) in [5.41, 5.74) is 1.40. The summed E-state index contributed by atoms with van der Waals surface area (Å²) < 4.78 is 0. The first-order valence-electron chi connectivity index (χ1n) is 10.9. The topological polar surface area (TPSA) is 64.7 Å². The van der Waals surface area contributed by atoms with Crippen molar-refractivity contribution < 1.29 is 9.59 Å². The molecule has 0 radical (unpaired) electrons. The number of carbonyl (C=O) groups is 2. The molecule has 0 spiro atoms. The van der Waals surface area contributed by atoms with E-state index in [1.807, 2.05) is 49.8 Å². The van der Waals surface area contributed by atoms with Crippen LogP contribution >= 0.6 is 0 Å². The van der Waals surface area contributed by atoms with Gasteiger partial charge in [-0.3, -0.25) is 4.79 Å². The molecule has 3 aliphatic rings. The average molecular weight is 415 g/mol. The van der Waals surface area contributed by atoms with Gasteiger partial charge in [0.1, 0.15) is 0 Å². The first kappa shape index (κ1) is 23.8. The molecule has 3 amide bonds. The SMILES string of the molecule is C=C1C=CC(C(=O)NCC)=CN1/C=C\C(C)C.CC(C)(C)NC(=O)N1CC2CC2C1. The van der Waals surface area contributed by atoms with Gasteiger partial charge < -0.3 is 20.4 Å². The predicted octanol–water partition coefficient (Wildman–Crippen LogP) is 4.01. The number of carbonyl (C=O) groups excluding carboxylic acids is 2. The minimum atomic E-state index is -0.107. The quantitative estimate of drug-likeness (QED) is 0.731. The lowest BCUT2D eigenvalue weighted by Gasteiger charge is -2.26. The van der Waals surface area contributed by atoms with E-state index in [2.05, 4.69) is 37.1 Å².